The van der Waals surface area contributed by atoms with E-state index in [0.717, 1.165) is 0 Å². The number of benzene rings is 1. The first kappa shape index (κ1) is 26.2. The molecule has 0 unspecified atom stereocenters. The highest BCUT2D eigenvalue weighted by atomic mass is 35.5. The Balaban J connectivity index is 2.03. The summed E-state index contributed by atoms with van der Waals surface area (Å²) in [4.78, 5) is 19.4. The lowest BCUT2D eigenvalue weighted by atomic mass is 10.0. The van der Waals surface area contributed by atoms with E-state index in [1.54, 1.807) is 23.9 Å². The van der Waals surface area contributed by atoms with Crippen molar-refractivity contribution in [2.45, 2.75) is 32.9 Å². The Morgan fingerprint density at radius 3 is 2.63 bits per heavy atom. The van der Waals surface area contributed by atoms with Gasteiger partial charge in [0.05, 0.1) is 11.4 Å². The summed E-state index contributed by atoms with van der Waals surface area (Å²) in [5.41, 5.74) is 1.21. The maximum Gasteiger partial charge on any atom is 0.404 e. The minimum Gasteiger partial charge on any atom is -0.465 e. The molecule has 2 aromatic heterocycles. The van der Waals surface area contributed by atoms with Gasteiger partial charge in [0.15, 0.2) is 16.5 Å². The number of aromatic nitrogens is 4. The minimum absolute atomic E-state index is 0.0470. The van der Waals surface area contributed by atoms with Gasteiger partial charge in [0, 0.05) is 47.2 Å². The Morgan fingerprint density at radius 2 is 1.97 bits per heavy atom. The van der Waals surface area contributed by atoms with Gasteiger partial charge in [-0.3, -0.25) is 4.68 Å². The Labute approximate surface area is 207 Å². The molecule has 35 heavy (non-hydrogen) atoms. The Hall–Kier alpha value is -3.45. The number of halogens is 2. The number of rotatable bonds is 10. The van der Waals surface area contributed by atoms with Gasteiger partial charge in [-0.25, -0.2) is 27.6 Å². The van der Waals surface area contributed by atoms with Crippen molar-refractivity contribution in [1.82, 2.24) is 25.1 Å². The highest BCUT2D eigenvalue weighted by Crippen LogP contribution is 2.37. The molecule has 0 saturated heterocycles. The molecule has 2 heterocycles. The van der Waals surface area contributed by atoms with Gasteiger partial charge in [0.2, 0.25) is 5.95 Å². The number of nitrogens with zero attached hydrogens (tertiary/aromatic N) is 4. The number of amides is 1. The fourth-order valence-corrected chi connectivity index (χ4v) is 3.70. The third-order valence-electron chi connectivity index (χ3n) is 4.82. The van der Waals surface area contributed by atoms with Crippen molar-refractivity contribution in [2.75, 3.05) is 23.1 Å². The standard InChI is InChI=1S/C21H25ClFN7O4S/c1-11(2)30-9-15(16-4-5-24-20(28-16)25-8-12(3)27-21(31)32)19(29-30)14-6-13(22)7-17(18(14)23)26-10-35(33)34/h4-7,9,11-12,26-27,35H,8,10H2,1-3H3,(H,31,32)(H,24,25,28)/t12-/m0/s1. The summed E-state index contributed by atoms with van der Waals surface area (Å²) < 4.78 is 39.0. The molecule has 1 atom stereocenters. The number of carboxylic acid groups (broad SMARTS) is 1. The molecule has 188 valence electrons. The van der Waals surface area contributed by atoms with Crippen molar-refractivity contribution in [3.63, 3.8) is 0 Å². The molecule has 1 aromatic carbocycles. The molecular formula is C21H25ClFN7O4S. The zero-order valence-electron chi connectivity index (χ0n) is 19.1. The van der Waals surface area contributed by atoms with Crippen LogP contribution in [0.4, 0.5) is 20.8 Å². The van der Waals surface area contributed by atoms with Crippen LogP contribution in [0.25, 0.3) is 22.5 Å². The lowest BCUT2D eigenvalue weighted by Crippen LogP contribution is -2.36. The highest BCUT2D eigenvalue weighted by Gasteiger charge is 2.21. The van der Waals surface area contributed by atoms with E-state index in [4.69, 9.17) is 16.7 Å². The zero-order chi connectivity index (χ0) is 25.7. The first-order valence-electron chi connectivity index (χ1n) is 10.6. The van der Waals surface area contributed by atoms with Crippen LogP contribution in [-0.2, 0) is 10.7 Å². The Bertz CT molecular complexity index is 1290. The van der Waals surface area contributed by atoms with Gasteiger partial charge in [-0.2, -0.15) is 5.10 Å². The second kappa shape index (κ2) is 11.3. The normalized spacial score (nSPS) is 12.1. The molecule has 14 heteroatoms. The van der Waals surface area contributed by atoms with E-state index in [1.165, 1.54) is 18.3 Å². The Morgan fingerprint density at radius 1 is 1.23 bits per heavy atom. The van der Waals surface area contributed by atoms with Crippen LogP contribution in [-0.4, -0.2) is 57.8 Å². The van der Waals surface area contributed by atoms with Crippen LogP contribution in [0.1, 0.15) is 26.8 Å². The molecule has 4 N–H and O–H groups in total. The van der Waals surface area contributed by atoms with Crippen molar-refractivity contribution in [3.8, 4) is 22.5 Å². The predicted octanol–water partition coefficient (Wildman–Crippen LogP) is 3.43. The monoisotopic (exact) mass is 525 g/mol. The highest BCUT2D eigenvalue weighted by molar-refractivity contribution is 7.72. The fourth-order valence-electron chi connectivity index (χ4n) is 3.18. The fraction of sp³-hybridized carbons (Fsp3) is 0.333. The third kappa shape index (κ3) is 6.79. The van der Waals surface area contributed by atoms with E-state index in [9.17, 15) is 13.2 Å². The van der Waals surface area contributed by atoms with E-state index in [1.807, 2.05) is 13.8 Å². The number of anilines is 2. The second-order valence-electron chi connectivity index (χ2n) is 7.94. The number of hydrogen-bond donors (Lipinski definition) is 5. The van der Waals surface area contributed by atoms with Crippen LogP contribution in [0.15, 0.2) is 30.6 Å². The van der Waals surface area contributed by atoms with Crippen molar-refractivity contribution < 1.29 is 22.7 Å². The third-order valence-corrected chi connectivity index (χ3v) is 5.45. The zero-order valence-corrected chi connectivity index (χ0v) is 20.8. The maximum atomic E-state index is 15.4. The van der Waals surface area contributed by atoms with Gasteiger partial charge >= 0.3 is 6.09 Å². The van der Waals surface area contributed by atoms with E-state index in [-0.39, 0.29) is 40.5 Å². The molecule has 0 bridgehead atoms. The summed E-state index contributed by atoms with van der Waals surface area (Å²) in [6.45, 7) is 5.76. The van der Waals surface area contributed by atoms with Crippen LogP contribution in [0, 0.1) is 5.82 Å². The molecule has 1 amide bonds. The van der Waals surface area contributed by atoms with Crippen LogP contribution in [0.5, 0.6) is 0 Å². The Kier molecular flexibility index (Phi) is 8.46. The van der Waals surface area contributed by atoms with Crippen LogP contribution >= 0.6 is 11.6 Å². The van der Waals surface area contributed by atoms with Gasteiger partial charge in [0.25, 0.3) is 0 Å². The van der Waals surface area contributed by atoms with Crippen LogP contribution in [0.3, 0.4) is 0 Å². The van der Waals surface area contributed by atoms with Gasteiger partial charge in [-0.05, 0) is 39.0 Å². The van der Waals surface area contributed by atoms with Crippen LogP contribution in [0.2, 0.25) is 5.02 Å². The molecule has 0 aliphatic heterocycles. The molecule has 0 saturated carbocycles. The summed E-state index contributed by atoms with van der Waals surface area (Å²) in [7, 11) is -2.78. The first-order chi connectivity index (χ1) is 16.5. The van der Waals surface area contributed by atoms with Gasteiger partial charge in [-0.15, -0.1) is 0 Å². The van der Waals surface area contributed by atoms with Crippen molar-refractivity contribution >= 4 is 40.0 Å². The SMILES string of the molecule is CC(C)n1cc(-c2ccnc(NC[C@H](C)NC(=O)O)n2)c(-c2cc(Cl)cc(NC[SH](=O)=O)c2F)n1. The molecule has 0 spiro atoms. The average molecular weight is 526 g/mol. The molecule has 0 aliphatic rings. The summed E-state index contributed by atoms with van der Waals surface area (Å²) in [6, 6.07) is 3.91. The average Bonchev–Trinajstić information content (AvgIpc) is 3.23. The van der Waals surface area contributed by atoms with Crippen molar-refractivity contribution in [1.29, 1.82) is 0 Å². The maximum absolute atomic E-state index is 15.4. The molecule has 3 aromatic rings. The topological polar surface area (TPSA) is 151 Å². The minimum atomic E-state index is -2.78. The van der Waals surface area contributed by atoms with Gasteiger partial charge in [-0.1, -0.05) is 11.6 Å². The molecular weight excluding hydrogens is 501 g/mol. The number of hydrogen-bond acceptors (Lipinski definition) is 8. The quantitative estimate of drug-likeness (QED) is 0.251. The molecule has 3 rings (SSSR count). The smallest absolute Gasteiger partial charge is 0.404 e. The van der Waals surface area contributed by atoms with E-state index >= 15 is 4.39 Å². The predicted molar refractivity (Wildman–Crippen MR) is 132 cm³/mol. The summed E-state index contributed by atoms with van der Waals surface area (Å²) in [5.74, 6) is -0.907. The number of carbonyl (C=O) groups is 1. The first-order valence-corrected chi connectivity index (χ1v) is 12.3. The number of nitrogens with one attached hydrogen (secondary N) is 3. The van der Waals surface area contributed by atoms with Gasteiger partial charge in [0.1, 0.15) is 11.6 Å². The lowest BCUT2D eigenvalue weighted by Gasteiger charge is -2.13. The molecule has 0 fully saturated rings. The summed E-state index contributed by atoms with van der Waals surface area (Å²) in [6.07, 6.45) is 2.10. The summed E-state index contributed by atoms with van der Waals surface area (Å²) in [5, 5.41) is 21.4. The van der Waals surface area contributed by atoms with Crippen molar-refractivity contribution in [2.24, 2.45) is 0 Å². The molecule has 0 aliphatic carbocycles. The van der Waals surface area contributed by atoms with Crippen LogP contribution < -0.4 is 16.0 Å². The van der Waals surface area contributed by atoms with E-state index < -0.39 is 34.5 Å². The lowest BCUT2D eigenvalue weighted by molar-refractivity contribution is 0.191. The summed E-state index contributed by atoms with van der Waals surface area (Å²) >= 11 is 6.21. The van der Waals surface area contributed by atoms with Gasteiger partial charge < -0.3 is 21.1 Å². The largest absolute Gasteiger partial charge is 0.465 e. The van der Waals surface area contributed by atoms with E-state index in [0.29, 0.717) is 11.3 Å². The molecule has 0 radical (unpaired) electrons. The second-order valence-corrected chi connectivity index (χ2v) is 9.36. The van der Waals surface area contributed by atoms with Crippen molar-refractivity contribution in [3.05, 3.63) is 41.4 Å². The van der Waals surface area contributed by atoms with E-state index in [2.05, 4.69) is 31.0 Å². The molecule has 11 nitrogen and oxygen atoms in total. The number of thiol groups is 1.